The van der Waals surface area contributed by atoms with E-state index in [4.69, 9.17) is 18.9 Å². The maximum atomic E-state index is 10.9. The quantitative estimate of drug-likeness (QED) is 0.534. The summed E-state index contributed by atoms with van der Waals surface area (Å²) < 4.78 is 20.5. The van der Waals surface area contributed by atoms with Gasteiger partial charge in [0.25, 0.3) is 0 Å². The van der Waals surface area contributed by atoms with E-state index in [-0.39, 0.29) is 0 Å². The first kappa shape index (κ1) is 13.3. The highest BCUT2D eigenvalue weighted by Gasteiger charge is 2.12. The number of hydrogen-bond donors (Lipinski definition) is 0. The molecule has 0 amide bonds. The molecule has 1 aromatic carbocycles. The van der Waals surface area contributed by atoms with Gasteiger partial charge in [0, 0.05) is 19.2 Å². The van der Waals surface area contributed by atoms with Gasteiger partial charge in [-0.1, -0.05) is 0 Å². The fourth-order valence-corrected chi connectivity index (χ4v) is 1.36. The van der Waals surface area contributed by atoms with E-state index in [1.54, 1.807) is 19.2 Å². The van der Waals surface area contributed by atoms with E-state index < -0.39 is 0 Å². The minimum atomic E-state index is 0.370. The average Bonchev–Trinajstić information content (AvgIpc) is 2.37. The van der Waals surface area contributed by atoms with Crippen molar-refractivity contribution < 1.29 is 23.7 Å². The Morgan fingerprint density at radius 1 is 1.06 bits per heavy atom. The van der Waals surface area contributed by atoms with Gasteiger partial charge >= 0.3 is 0 Å². The normalized spacial score (nSPS) is 9.82. The predicted molar refractivity (Wildman–Crippen MR) is 62.3 cm³/mol. The Morgan fingerprint density at radius 2 is 1.65 bits per heavy atom. The summed E-state index contributed by atoms with van der Waals surface area (Å²) in [6.07, 6.45) is 0.691. The van der Waals surface area contributed by atoms with E-state index in [1.807, 2.05) is 0 Å². The molecule has 0 spiro atoms. The molecule has 0 saturated carbocycles. The number of methoxy groups -OCH3 is 3. The summed E-state index contributed by atoms with van der Waals surface area (Å²) in [7, 11) is 4.57. The van der Waals surface area contributed by atoms with Crippen LogP contribution < -0.4 is 14.2 Å². The first-order valence-corrected chi connectivity index (χ1v) is 5.09. The molecule has 0 aliphatic carbocycles. The van der Waals surface area contributed by atoms with E-state index in [0.29, 0.717) is 42.3 Å². The third-order valence-corrected chi connectivity index (χ3v) is 2.19. The molecule has 0 atom stereocenters. The van der Waals surface area contributed by atoms with Crippen molar-refractivity contribution in [2.75, 3.05) is 34.5 Å². The molecule has 0 saturated heterocycles. The summed E-state index contributed by atoms with van der Waals surface area (Å²) in [5.74, 6) is 1.42. The van der Waals surface area contributed by atoms with Gasteiger partial charge in [-0.25, -0.2) is 0 Å². The fourth-order valence-electron chi connectivity index (χ4n) is 1.36. The van der Waals surface area contributed by atoms with E-state index in [0.717, 1.165) is 0 Å². The number of hydrogen-bond acceptors (Lipinski definition) is 5. The highest BCUT2D eigenvalue weighted by molar-refractivity contribution is 5.84. The van der Waals surface area contributed by atoms with Crippen LogP contribution in [-0.4, -0.2) is 40.8 Å². The van der Waals surface area contributed by atoms with E-state index in [9.17, 15) is 4.79 Å². The molecule has 17 heavy (non-hydrogen) atoms. The van der Waals surface area contributed by atoms with Crippen LogP contribution in [0.15, 0.2) is 12.1 Å². The average molecular weight is 240 g/mol. The third kappa shape index (κ3) is 3.35. The maximum absolute atomic E-state index is 10.9. The van der Waals surface area contributed by atoms with Gasteiger partial charge in [-0.15, -0.1) is 0 Å². The fraction of sp³-hybridized carbons (Fsp3) is 0.417. The van der Waals surface area contributed by atoms with Crippen molar-refractivity contribution in [2.24, 2.45) is 0 Å². The van der Waals surface area contributed by atoms with Crippen molar-refractivity contribution >= 4 is 6.29 Å². The summed E-state index contributed by atoms with van der Waals surface area (Å²) in [6, 6.07) is 3.28. The van der Waals surface area contributed by atoms with Gasteiger partial charge in [0.2, 0.25) is 0 Å². The van der Waals surface area contributed by atoms with Crippen LogP contribution in [0.2, 0.25) is 0 Å². The molecule has 0 radical (unpaired) electrons. The number of carbonyl (C=O) groups is 1. The third-order valence-electron chi connectivity index (χ3n) is 2.19. The zero-order valence-electron chi connectivity index (χ0n) is 10.2. The second kappa shape index (κ2) is 6.75. The summed E-state index contributed by atoms with van der Waals surface area (Å²) >= 11 is 0. The number of rotatable bonds is 7. The highest BCUT2D eigenvalue weighted by atomic mass is 16.5. The minimum Gasteiger partial charge on any atom is -0.496 e. The second-order valence-corrected chi connectivity index (χ2v) is 3.20. The van der Waals surface area contributed by atoms with Crippen molar-refractivity contribution in [3.8, 4) is 17.2 Å². The summed E-state index contributed by atoms with van der Waals surface area (Å²) in [4.78, 5) is 10.9. The van der Waals surface area contributed by atoms with Crippen LogP contribution >= 0.6 is 0 Å². The monoisotopic (exact) mass is 240 g/mol. The largest absolute Gasteiger partial charge is 0.496 e. The molecular formula is C12H16O5. The molecule has 0 bridgehead atoms. The zero-order chi connectivity index (χ0) is 12.7. The lowest BCUT2D eigenvalue weighted by Gasteiger charge is -2.12. The van der Waals surface area contributed by atoms with Crippen molar-refractivity contribution in [1.29, 1.82) is 0 Å². The molecule has 1 rings (SSSR count). The lowest BCUT2D eigenvalue weighted by molar-refractivity contribution is 0.111. The van der Waals surface area contributed by atoms with Gasteiger partial charge in [0.1, 0.15) is 23.9 Å². The van der Waals surface area contributed by atoms with Gasteiger partial charge in [-0.05, 0) is 0 Å². The van der Waals surface area contributed by atoms with Crippen LogP contribution in [0.4, 0.5) is 0 Å². The lowest BCUT2D eigenvalue weighted by Crippen LogP contribution is -2.05. The van der Waals surface area contributed by atoms with Gasteiger partial charge < -0.3 is 18.9 Å². The number of benzene rings is 1. The number of ether oxygens (including phenoxy) is 4. The van der Waals surface area contributed by atoms with Crippen LogP contribution in [0, 0.1) is 0 Å². The molecule has 5 nitrogen and oxygen atoms in total. The standard InChI is InChI=1S/C12H16O5/c1-14-4-5-17-9-6-11(15-2)10(8-13)12(7-9)16-3/h6-8H,4-5H2,1-3H3. The Hall–Kier alpha value is -1.75. The van der Waals surface area contributed by atoms with E-state index in [1.165, 1.54) is 14.2 Å². The highest BCUT2D eigenvalue weighted by Crippen LogP contribution is 2.32. The van der Waals surface area contributed by atoms with Crippen LogP contribution in [0.5, 0.6) is 17.2 Å². The molecule has 5 heteroatoms. The summed E-state index contributed by atoms with van der Waals surface area (Å²) in [6.45, 7) is 0.906. The number of aldehydes is 1. The Bertz CT molecular complexity index is 350. The molecule has 94 valence electrons. The first-order chi connectivity index (χ1) is 8.26. The summed E-state index contributed by atoms with van der Waals surface area (Å²) in [5, 5.41) is 0. The van der Waals surface area contributed by atoms with Crippen LogP contribution in [0.3, 0.4) is 0 Å². The van der Waals surface area contributed by atoms with Crippen molar-refractivity contribution in [3.63, 3.8) is 0 Å². The van der Waals surface area contributed by atoms with E-state index in [2.05, 4.69) is 0 Å². The van der Waals surface area contributed by atoms with Crippen molar-refractivity contribution in [3.05, 3.63) is 17.7 Å². The SMILES string of the molecule is COCCOc1cc(OC)c(C=O)c(OC)c1. The Kier molecular flexibility index (Phi) is 5.29. The van der Waals surface area contributed by atoms with Crippen LogP contribution in [0.25, 0.3) is 0 Å². The molecule has 0 aromatic heterocycles. The Morgan fingerprint density at radius 3 is 2.06 bits per heavy atom. The molecule has 0 N–H and O–H groups in total. The van der Waals surface area contributed by atoms with E-state index >= 15 is 0 Å². The minimum absolute atomic E-state index is 0.370. The van der Waals surface area contributed by atoms with Crippen LogP contribution in [-0.2, 0) is 4.74 Å². The summed E-state index contributed by atoms with van der Waals surface area (Å²) in [5.41, 5.74) is 0.370. The molecule has 0 unspecified atom stereocenters. The molecule has 0 aliphatic heterocycles. The van der Waals surface area contributed by atoms with Gasteiger partial charge in [-0.3, -0.25) is 4.79 Å². The van der Waals surface area contributed by atoms with Crippen molar-refractivity contribution in [2.45, 2.75) is 0 Å². The molecule has 0 heterocycles. The smallest absolute Gasteiger partial charge is 0.157 e. The molecule has 1 aromatic rings. The van der Waals surface area contributed by atoms with Gasteiger partial charge in [0.05, 0.1) is 26.4 Å². The molecular weight excluding hydrogens is 224 g/mol. The van der Waals surface area contributed by atoms with Gasteiger partial charge in [-0.2, -0.15) is 0 Å². The Labute approximate surface area is 100 Å². The second-order valence-electron chi connectivity index (χ2n) is 3.20. The number of carbonyl (C=O) groups excluding carboxylic acids is 1. The first-order valence-electron chi connectivity index (χ1n) is 5.09. The molecule has 0 fully saturated rings. The van der Waals surface area contributed by atoms with Gasteiger partial charge in [0.15, 0.2) is 6.29 Å². The zero-order valence-corrected chi connectivity index (χ0v) is 10.2. The van der Waals surface area contributed by atoms with Crippen molar-refractivity contribution in [1.82, 2.24) is 0 Å². The van der Waals surface area contributed by atoms with Crippen LogP contribution in [0.1, 0.15) is 10.4 Å². The maximum Gasteiger partial charge on any atom is 0.157 e. The topological polar surface area (TPSA) is 54.0 Å². The lowest BCUT2D eigenvalue weighted by atomic mass is 10.2. The molecule has 0 aliphatic rings. The predicted octanol–water partition coefficient (Wildman–Crippen LogP) is 1.54. The Balaban J connectivity index is 2.96.